The van der Waals surface area contributed by atoms with Gasteiger partial charge in [0, 0.05) is 32.6 Å². The molecule has 0 aromatic carbocycles. The van der Waals surface area contributed by atoms with Crippen molar-refractivity contribution in [3.8, 4) is 0 Å². The maximum absolute atomic E-state index is 4.94. The molecule has 0 bridgehead atoms. The van der Waals surface area contributed by atoms with Gasteiger partial charge < -0.3 is 14.8 Å². The van der Waals surface area contributed by atoms with E-state index in [1.807, 2.05) is 6.33 Å². The van der Waals surface area contributed by atoms with E-state index in [1.165, 1.54) is 57.9 Å². The maximum atomic E-state index is 4.94. The Morgan fingerprint density at radius 1 is 1.15 bits per heavy atom. The van der Waals surface area contributed by atoms with Crippen molar-refractivity contribution < 1.29 is 0 Å². The number of nitrogens with zero attached hydrogens (tertiary/aromatic N) is 5. The van der Waals surface area contributed by atoms with E-state index in [4.69, 9.17) is 4.99 Å². The first-order chi connectivity index (χ1) is 12.8. The molecule has 1 aromatic rings. The van der Waals surface area contributed by atoms with E-state index in [0.29, 0.717) is 5.41 Å². The number of piperidine rings is 1. The predicted molar refractivity (Wildman–Crippen MR) is 122 cm³/mol. The molecular weight excluding hydrogens is 451 g/mol. The Hall–Kier alpha value is -0.860. The van der Waals surface area contributed by atoms with E-state index in [-0.39, 0.29) is 24.0 Å². The number of aromatic nitrogens is 3. The molecule has 0 amide bonds. The highest BCUT2D eigenvalue weighted by molar-refractivity contribution is 14.0. The Bertz CT molecular complexity index is 577. The lowest BCUT2D eigenvalue weighted by Gasteiger charge is -2.44. The molecule has 0 unspecified atom stereocenters. The van der Waals surface area contributed by atoms with Gasteiger partial charge in [-0.1, -0.05) is 32.6 Å². The minimum Gasteiger partial charge on any atom is -0.357 e. The van der Waals surface area contributed by atoms with Crippen molar-refractivity contribution in [2.45, 2.75) is 78.2 Å². The highest BCUT2D eigenvalue weighted by Crippen LogP contribution is 2.42. The van der Waals surface area contributed by atoms with Gasteiger partial charge in [0.15, 0.2) is 5.96 Å². The van der Waals surface area contributed by atoms with Gasteiger partial charge in [-0.15, -0.1) is 34.2 Å². The van der Waals surface area contributed by atoms with Gasteiger partial charge in [0.25, 0.3) is 0 Å². The average Bonchev–Trinajstić information content (AvgIpc) is 3.00. The molecule has 0 radical (unpaired) electrons. The molecule has 1 spiro atoms. The molecule has 3 rings (SSSR count). The van der Waals surface area contributed by atoms with Gasteiger partial charge >= 0.3 is 0 Å². The van der Waals surface area contributed by atoms with Crippen molar-refractivity contribution in [2.75, 3.05) is 26.2 Å². The van der Waals surface area contributed by atoms with E-state index in [0.717, 1.165) is 44.4 Å². The SMILES string of the molecule is CCNC(=NCCn1cnnc1CC)N1CCCC2(CCCCCC2)C1.I. The van der Waals surface area contributed by atoms with Gasteiger partial charge in [-0.2, -0.15) is 0 Å². The molecule has 154 valence electrons. The number of nitrogens with one attached hydrogen (secondary N) is 1. The molecule has 6 nitrogen and oxygen atoms in total. The second-order valence-electron chi connectivity index (χ2n) is 7.97. The first-order valence-corrected chi connectivity index (χ1v) is 10.7. The first kappa shape index (κ1) is 22.4. The van der Waals surface area contributed by atoms with Gasteiger partial charge in [-0.05, 0) is 38.0 Å². The Morgan fingerprint density at radius 3 is 2.59 bits per heavy atom. The van der Waals surface area contributed by atoms with E-state index in [2.05, 4.69) is 38.8 Å². The Balaban J connectivity index is 0.00000261. The molecule has 27 heavy (non-hydrogen) atoms. The second-order valence-corrected chi connectivity index (χ2v) is 7.97. The van der Waals surface area contributed by atoms with Crippen LogP contribution < -0.4 is 5.32 Å². The van der Waals surface area contributed by atoms with E-state index >= 15 is 0 Å². The summed E-state index contributed by atoms with van der Waals surface area (Å²) in [7, 11) is 0. The number of hydrogen-bond donors (Lipinski definition) is 1. The van der Waals surface area contributed by atoms with Crippen molar-refractivity contribution in [1.29, 1.82) is 0 Å². The Kier molecular flexibility index (Phi) is 9.32. The van der Waals surface area contributed by atoms with Crippen molar-refractivity contribution in [2.24, 2.45) is 10.4 Å². The summed E-state index contributed by atoms with van der Waals surface area (Å²) < 4.78 is 2.12. The van der Waals surface area contributed by atoms with Crippen LogP contribution in [0.4, 0.5) is 0 Å². The third-order valence-corrected chi connectivity index (χ3v) is 6.07. The third-order valence-electron chi connectivity index (χ3n) is 6.07. The lowest BCUT2D eigenvalue weighted by Crippen LogP contribution is -2.50. The molecule has 1 saturated carbocycles. The maximum Gasteiger partial charge on any atom is 0.193 e. The van der Waals surface area contributed by atoms with Crippen LogP contribution in [0.3, 0.4) is 0 Å². The van der Waals surface area contributed by atoms with E-state index in [9.17, 15) is 0 Å². The van der Waals surface area contributed by atoms with Gasteiger partial charge in [0.1, 0.15) is 12.2 Å². The monoisotopic (exact) mass is 488 g/mol. The number of rotatable bonds is 5. The van der Waals surface area contributed by atoms with Crippen LogP contribution in [0, 0.1) is 5.41 Å². The smallest absolute Gasteiger partial charge is 0.193 e. The Morgan fingerprint density at radius 2 is 1.89 bits per heavy atom. The molecule has 1 aliphatic heterocycles. The molecule has 7 heteroatoms. The minimum atomic E-state index is 0. The lowest BCUT2D eigenvalue weighted by molar-refractivity contribution is 0.115. The number of guanidine groups is 1. The van der Waals surface area contributed by atoms with E-state index < -0.39 is 0 Å². The summed E-state index contributed by atoms with van der Waals surface area (Å²) in [6.45, 7) is 9.16. The van der Waals surface area contributed by atoms with Gasteiger partial charge in [-0.25, -0.2) is 0 Å². The van der Waals surface area contributed by atoms with Crippen LogP contribution in [-0.4, -0.2) is 51.8 Å². The van der Waals surface area contributed by atoms with Crippen molar-refractivity contribution in [1.82, 2.24) is 25.0 Å². The summed E-state index contributed by atoms with van der Waals surface area (Å²) in [6.07, 6.45) is 13.9. The molecule has 0 atom stereocenters. The van der Waals surface area contributed by atoms with Crippen molar-refractivity contribution in [3.63, 3.8) is 0 Å². The minimum absolute atomic E-state index is 0. The summed E-state index contributed by atoms with van der Waals surface area (Å²) in [5, 5.41) is 11.7. The molecular formula is C20H37IN6. The van der Waals surface area contributed by atoms with Crippen LogP contribution in [0.1, 0.15) is 71.0 Å². The highest BCUT2D eigenvalue weighted by atomic mass is 127. The summed E-state index contributed by atoms with van der Waals surface area (Å²) in [5.74, 6) is 2.14. The third kappa shape index (κ3) is 6.06. The summed E-state index contributed by atoms with van der Waals surface area (Å²) in [4.78, 5) is 7.48. The molecule has 2 aliphatic rings. The molecule has 1 aromatic heterocycles. The second kappa shape index (κ2) is 11.2. The van der Waals surface area contributed by atoms with Crippen LogP contribution in [0.15, 0.2) is 11.3 Å². The van der Waals surface area contributed by atoms with Crippen LogP contribution in [-0.2, 0) is 13.0 Å². The molecule has 1 aliphatic carbocycles. The number of hydrogen-bond acceptors (Lipinski definition) is 3. The lowest BCUT2D eigenvalue weighted by atomic mass is 9.74. The van der Waals surface area contributed by atoms with Crippen LogP contribution in [0.5, 0.6) is 0 Å². The average molecular weight is 488 g/mol. The fourth-order valence-electron chi connectivity index (χ4n) is 4.70. The number of likely N-dealkylation sites (tertiary alicyclic amines) is 1. The molecule has 2 fully saturated rings. The summed E-state index contributed by atoms with van der Waals surface area (Å²) in [6, 6.07) is 0. The standard InChI is InChI=1S/C20H36N6.HI/c1-3-18-24-23-17-26(18)15-13-22-19(21-4-2)25-14-9-12-20(16-25)10-7-5-6-8-11-20;/h17H,3-16H2,1-2H3,(H,21,22);1H. The van der Waals surface area contributed by atoms with Crippen molar-refractivity contribution >= 4 is 29.9 Å². The molecule has 1 saturated heterocycles. The quantitative estimate of drug-likeness (QED) is 0.389. The molecule has 1 N–H and O–H groups in total. The summed E-state index contributed by atoms with van der Waals surface area (Å²) in [5.41, 5.74) is 0.536. The van der Waals surface area contributed by atoms with Crippen LogP contribution >= 0.6 is 24.0 Å². The largest absolute Gasteiger partial charge is 0.357 e. The topological polar surface area (TPSA) is 58.3 Å². The van der Waals surface area contributed by atoms with Gasteiger partial charge in [0.05, 0.1) is 6.54 Å². The van der Waals surface area contributed by atoms with Crippen LogP contribution in [0.25, 0.3) is 0 Å². The zero-order valence-electron chi connectivity index (χ0n) is 17.1. The Labute approximate surface area is 181 Å². The first-order valence-electron chi connectivity index (χ1n) is 10.7. The van der Waals surface area contributed by atoms with Gasteiger partial charge in [0.2, 0.25) is 0 Å². The van der Waals surface area contributed by atoms with Crippen molar-refractivity contribution in [3.05, 3.63) is 12.2 Å². The number of aliphatic imine (C=N–C) groups is 1. The fourth-order valence-corrected chi connectivity index (χ4v) is 4.70. The highest BCUT2D eigenvalue weighted by Gasteiger charge is 2.36. The zero-order valence-corrected chi connectivity index (χ0v) is 19.5. The predicted octanol–water partition coefficient (Wildman–Crippen LogP) is 3.86. The zero-order chi connectivity index (χ0) is 18.2. The number of halogens is 1. The van der Waals surface area contributed by atoms with E-state index in [1.54, 1.807) is 0 Å². The molecule has 2 heterocycles. The van der Waals surface area contributed by atoms with Gasteiger partial charge in [-0.3, -0.25) is 4.99 Å². The van der Waals surface area contributed by atoms with Crippen LogP contribution in [0.2, 0.25) is 0 Å². The summed E-state index contributed by atoms with van der Waals surface area (Å²) >= 11 is 0. The number of aryl methyl sites for hydroxylation is 1. The fraction of sp³-hybridized carbons (Fsp3) is 0.850. The normalized spacial score (nSPS) is 20.2.